The lowest BCUT2D eigenvalue weighted by Gasteiger charge is -2.36. The first-order chi connectivity index (χ1) is 17.6. The van der Waals surface area contributed by atoms with Crippen molar-refractivity contribution in [3.63, 3.8) is 0 Å². The molecule has 0 spiro atoms. The predicted molar refractivity (Wildman–Crippen MR) is 144 cm³/mol. The van der Waals surface area contributed by atoms with Crippen molar-refractivity contribution >= 4 is 32.7 Å². The van der Waals surface area contributed by atoms with E-state index in [-0.39, 0.29) is 17.0 Å². The Morgan fingerprint density at radius 3 is 2.68 bits per heavy atom. The van der Waals surface area contributed by atoms with E-state index in [0.717, 1.165) is 67.6 Å². The number of ketones is 1. The number of aryl methyl sites for hydroxylation is 3. The van der Waals surface area contributed by atoms with E-state index < -0.39 is 15.4 Å². The summed E-state index contributed by atoms with van der Waals surface area (Å²) < 4.78 is 36.4. The van der Waals surface area contributed by atoms with Gasteiger partial charge < -0.3 is 15.0 Å². The van der Waals surface area contributed by atoms with Crippen molar-refractivity contribution in [3.8, 4) is 0 Å². The van der Waals surface area contributed by atoms with E-state index in [9.17, 15) is 13.2 Å². The SMILES string of the molecule is COCCc1nc2c(N)nc3c(c2n1CCCCNS(=O)(=O)C[C@@]12CCC(CC1=O)C2(C)C)CCCC3. The van der Waals surface area contributed by atoms with Crippen molar-refractivity contribution in [1.29, 1.82) is 0 Å². The van der Waals surface area contributed by atoms with Gasteiger partial charge in [-0.3, -0.25) is 4.79 Å². The molecule has 3 N–H and O–H groups in total. The monoisotopic (exact) mass is 531 g/mol. The lowest BCUT2D eigenvalue weighted by molar-refractivity contribution is -0.128. The van der Waals surface area contributed by atoms with Crippen LogP contribution < -0.4 is 10.5 Å². The number of nitrogen functional groups attached to an aromatic ring is 1. The summed E-state index contributed by atoms with van der Waals surface area (Å²) in [5.41, 5.74) is 9.53. The molecule has 2 bridgehead atoms. The smallest absolute Gasteiger partial charge is 0.212 e. The van der Waals surface area contributed by atoms with Gasteiger partial charge in [0, 0.05) is 44.1 Å². The quantitative estimate of drug-likeness (QED) is 0.426. The van der Waals surface area contributed by atoms with Crippen LogP contribution in [0.1, 0.15) is 75.9 Å². The molecule has 2 heterocycles. The van der Waals surface area contributed by atoms with Crippen molar-refractivity contribution in [1.82, 2.24) is 19.3 Å². The number of anilines is 1. The highest BCUT2D eigenvalue weighted by atomic mass is 32.2. The minimum atomic E-state index is -3.55. The number of ether oxygens (including phenoxy) is 1. The molecule has 37 heavy (non-hydrogen) atoms. The molecular formula is C27H41N5O4S. The van der Waals surface area contributed by atoms with E-state index in [1.54, 1.807) is 7.11 Å². The molecule has 0 aliphatic heterocycles. The van der Waals surface area contributed by atoms with E-state index in [1.807, 2.05) is 0 Å². The summed E-state index contributed by atoms with van der Waals surface area (Å²) in [6, 6.07) is 0. The molecule has 0 aromatic carbocycles. The van der Waals surface area contributed by atoms with Crippen molar-refractivity contribution in [2.24, 2.45) is 16.7 Å². The van der Waals surface area contributed by atoms with Gasteiger partial charge in [-0.25, -0.2) is 23.1 Å². The number of rotatable bonds is 11. The van der Waals surface area contributed by atoms with Crippen LogP contribution in [0.5, 0.6) is 0 Å². The number of nitrogens with two attached hydrogens (primary N) is 1. The van der Waals surface area contributed by atoms with E-state index in [2.05, 4.69) is 28.1 Å². The zero-order valence-electron chi connectivity index (χ0n) is 22.4. The van der Waals surface area contributed by atoms with Crippen molar-refractivity contribution in [2.45, 2.75) is 84.6 Å². The minimum absolute atomic E-state index is 0.0892. The van der Waals surface area contributed by atoms with Gasteiger partial charge in [-0.15, -0.1) is 0 Å². The average molecular weight is 532 g/mol. The summed E-state index contributed by atoms with van der Waals surface area (Å²) >= 11 is 0. The number of imidazole rings is 1. The number of nitrogens with one attached hydrogen (secondary N) is 1. The fourth-order valence-corrected chi connectivity index (χ4v) is 9.06. The third-order valence-corrected chi connectivity index (χ3v) is 11.0. The van der Waals surface area contributed by atoms with Gasteiger partial charge in [0.25, 0.3) is 0 Å². The highest BCUT2D eigenvalue weighted by molar-refractivity contribution is 7.89. The van der Waals surface area contributed by atoms with Crippen molar-refractivity contribution < 1.29 is 17.9 Å². The van der Waals surface area contributed by atoms with Crippen LogP contribution in [0.15, 0.2) is 0 Å². The number of carbonyl (C=O) groups is 1. The van der Waals surface area contributed by atoms with Gasteiger partial charge in [-0.05, 0) is 68.3 Å². The van der Waals surface area contributed by atoms with Gasteiger partial charge in [0.1, 0.15) is 17.1 Å². The van der Waals surface area contributed by atoms with Crippen molar-refractivity contribution in [2.75, 3.05) is 31.7 Å². The van der Waals surface area contributed by atoms with Gasteiger partial charge in [-0.2, -0.15) is 0 Å². The molecule has 2 fully saturated rings. The largest absolute Gasteiger partial charge is 0.384 e. The highest BCUT2D eigenvalue weighted by Gasteiger charge is 2.65. The summed E-state index contributed by atoms with van der Waals surface area (Å²) in [5.74, 6) is 1.77. The third kappa shape index (κ3) is 4.59. The first kappa shape index (κ1) is 26.6. The van der Waals surface area contributed by atoms with E-state index in [0.29, 0.717) is 50.6 Å². The molecule has 2 aromatic heterocycles. The van der Waals surface area contributed by atoms with Crippen LogP contribution in [-0.2, 0) is 45.4 Å². The normalized spacial score (nSPS) is 24.7. The molecule has 0 amide bonds. The Balaban J connectivity index is 1.26. The molecule has 0 radical (unpaired) electrons. The molecule has 2 aromatic rings. The van der Waals surface area contributed by atoms with Crippen LogP contribution in [0.2, 0.25) is 0 Å². The maximum Gasteiger partial charge on any atom is 0.212 e. The summed E-state index contributed by atoms with van der Waals surface area (Å²) in [5, 5.41) is 0. The van der Waals surface area contributed by atoms with E-state index >= 15 is 0 Å². The Kier molecular flexibility index (Phi) is 7.13. The number of aromatic nitrogens is 3. The molecule has 2 saturated carbocycles. The van der Waals surface area contributed by atoms with Crippen LogP contribution >= 0.6 is 0 Å². The number of hydrogen-bond acceptors (Lipinski definition) is 7. The summed E-state index contributed by atoms with van der Waals surface area (Å²) in [6.07, 6.45) is 8.50. The zero-order valence-corrected chi connectivity index (χ0v) is 23.3. The van der Waals surface area contributed by atoms with Crippen LogP contribution in [-0.4, -0.2) is 54.8 Å². The number of pyridine rings is 1. The Morgan fingerprint density at radius 2 is 1.97 bits per heavy atom. The molecule has 10 heteroatoms. The Hall–Kier alpha value is -2.04. The summed E-state index contributed by atoms with van der Waals surface area (Å²) in [6.45, 7) is 5.80. The molecule has 5 rings (SSSR count). The molecular weight excluding hydrogens is 490 g/mol. The topological polar surface area (TPSA) is 129 Å². The van der Waals surface area contributed by atoms with Gasteiger partial charge >= 0.3 is 0 Å². The van der Waals surface area contributed by atoms with E-state index in [1.165, 1.54) is 5.56 Å². The predicted octanol–water partition coefficient (Wildman–Crippen LogP) is 3.18. The van der Waals surface area contributed by atoms with Crippen LogP contribution in [0.25, 0.3) is 11.0 Å². The lowest BCUT2D eigenvalue weighted by Crippen LogP contribution is -2.45. The molecule has 3 aliphatic carbocycles. The molecule has 3 aliphatic rings. The first-order valence-corrected chi connectivity index (χ1v) is 15.4. The maximum absolute atomic E-state index is 13.0. The molecule has 1 unspecified atom stereocenters. The summed E-state index contributed by atoms with van der Waals surface area (Å²) in [7, 11) is -1.87. The second-order valence-electron chi connectivity index (χ2n) is 11.8. The average Bonchev–Trinajstić information content (AvgIpc) is 3.39. The molecule has 2 atom stereocenters. The van der Waals surface area contributed by atoms with Gasteiger partial charge in [0.2, 0.25) is 10.0 Å². The number of Topliss-reactive ketones (excluding diaryl/α,β-unsaturated/α-hetero) is 1. The number of unbranched alkanes of at least 4 members (excludes halogenated alkanes) is 1. The number of methoxy groups -OCH3 is 1. The summed E-state index contributed by atoms with van der Waals surface area (Å²) in [4.78, 5) is 22.3. The van der Waals surface area contributed by atoms with Gasteiger partial charge in [0.05, 0.1) is 17.9 Å². The fourth-order valence-electron chi connectivity index (χ4n) is 7.18. The fraction of sp³-hybridized carbons (Fsp3) is 0.741. The van der Waals surface area contributed by atoms with E-state index in [4.69, 9.17) is 15.5 Å². The molecule has 204 valence electrons. The second-order valence-corrected chi connectivity index (χ2v) is 13.6. The Labute approximate surface area is 220 Å². The first-order valence-electron chi connectivity index (χ1n) is 13.8. The number of fused-ring (bicyclic) bond motifs is 5. The van der Waals surface area contributed by atoms with Gasteiger partial charge in [0.15, 0.2) is 5.82 Å². The zero-order chi connectivity index (χ0) is 26.4. The van der Waals surface area contributed by atoms with Gasteiger partial charge in [-0.1, -0.05) is 13.8 Å². The minimum Gasteiger partial charge on any atom is -0.384 e. The number of carbonyl (C=O) groups excluding carboxylic acids is 1. The number of hydrogen-bond donors (Lipinski definition) is 2. The lowest BCUT2D eigenvalue weighted by atomic mass is 9.70. The third-order valence-electron chi connectivity index (χ3n) is 9.51. The number of sulfonamides is 1. The highest BCUT2D eigenvalue weighted by Crippen LogP contribution is 2.64. The molecule has 0 saturated heterocycles. The second kappa shape index (κ2) is 9.93. The van der Waals surface area contributed by atoms with Crippen molar-refractivity contribution in [3.05, 3.63) is 17.1 Å². The number of nitrogens with zero attached hydrogens (tertiary/aromatic N) is 3. The van der Waals surface area contributed by atoms with Crippen LogP contribution in [0, 0.1) is 16.7 Å². The Morgan fingerprint density at radius 1 is 1.19 bits per heavy atom. The molecule has 9 nitrogen and oxygen atoms in total. The van der Waals surface area contributed by atoms with Crippen LogP contribution in [0.3, 0.4) is 0 Å². The van der Waals surface area contributed by atoms with Crippen LogP contribution in [0.4, 0.5) is 5.82 Å². The standard InChI is InChI=1S/C27H41N5O4S/c1-26(2)18-10-12-27(26,21(33)16-18)17-37(34,35)29-13-6-7-14-32-22(11-15-36-3)31-23-24(32)19-8-4-5-9-20(19)30-25(23)28/h18,29H,4-17H2,1-3H3,(H2,28,30)/t18?,27-/m0/s1. The maximum atomic E-state index is 13.0. The Bertz CT molecular complexity index is 1300.